The van der Waals surface area contributed by atoms with E-state index in [2.05, 4.69) is 0 Å². The van der Waals surface area contributed by atoms with Gasteiger partial charge in [0.1, 0.15) is 6.61 Å². The summed E-state index contributed by atoms with van der Waals surface area (Å²) < 4.78 is 27.0. The van der Waals surface area contributed by atoms with E-state index >= 15 is 0 Å². The van der Waals surface area contributed by atoms with Crippen molar-refractivity contribution in [2.24, 2.45) is 0 Å². The van der Waals surface area contributed by atoms with Gasteiger partial charge in [0, 0.05) is 20.2 Å². The van der Waals surface area contributed by atoms with Gasteiger partial charge in [-0.3, -0.25) is 4.79 Å². The number of methoxy groups -OCH3 is 1. The molecule has 1 aliphatic heterocycles. The van der Waals surface area contributed by atoms with Crippen LogP contribution in [0.1, 0.15) is 6.42 Å². The molecule has 0 aromatic heterocycles. The van der Waals surface area contributed by atoms with E-state index in [9.17, 15) is 13.2 Å². The number of sulfone groups is 1. The van der Waals surface area contributed by atoms with Crippen molar-refractivity contribution in [1.82, 2.24) is 4.90 Å². The molecular weight excluding hydrogens is 206 g/mol. The summed E-state index contributed by atoms with van der Waals surface area (Å²) >= 11 is 0. The zero-order valence-corrected chi connectivity index (χ0v) is 9.21. The Morgan fingerprint density at radius 3 is 2.64 bits per heavy atom. The molecule has 1 atom stereocenters. The summed E-state index contributed by atoms with van der Waals surface area (Å²) in [7, 11) is 0.136. The maximum absolute atomic E-state index is 11.3. The third-order valence-electron chi connectivity index (χ3n) is 2.42. The van der Waals surface area contributed by atoms with Gasteiger partial charge in [0.15, 0.2) is 9.84 Å². The smallest absolute Gasteiger partial charge is 0.248 e. The van der Waals surface area contributed by atoms with Crippen LogP contribution in [-0.4, -0.2) is 57.5 Å². The van der Waals surface area contributed by atoms with Crippen LogP contribution < -0.4 is 0 Å². The predicted molar refractivity (Wildman–Crippen MR) is 51.7 cm³/mol. The minimum atomic E-state index is -2.92. The van der Waals surface area contributed by atoms with Gasteiger partial charge in [-0.2, -0.15) is 0 Å². The molecule has 1 heterocycles. The number of likely N-dealkylation sites (N-methyl/N-ethyl adjacent to an activating group) is 1. The van der Waals surface area contributed by atoms with Crippen molar-refractivity contribution in [2.45, 2.75) is 12.5 Å². The van der Waals surface area contributed by atoms with Gasteiger partial charge in [-0.15, -0.1) is 0 Å². The van der Waals surface area contributed by atoms with Crippen molar-refractivity contribution in [3.63, 3.8) is 0 Å². The molecule has 82 valence electrons. The molecule has 1 amide bonds. The van der Waals surface area contributed by atoms with Gasteiger partial charge in [0.05, 0.1) is 11.5 Å². The summed E-state index contributed by atoms with van der Waals surface area (Å²) in [5, 5.41) is 0. The Hall–Kier alpha value is -0.620. The molecule has 0 spiro atoms. The summed E-state index contributed by atoms with van der Waals surface area (Å²) in [5.41, 5.74) is 0. The monoisotopic (exact) mass is 221 g/mol. The maximum atomic E-state index is 11.3. The number of carbonyl (C=O) groups is 1. The topological polar surface area (TPSA) is 63.7 Å². The number of rotatable bonds is 3. The fourth-order valence-electron chi connectivity index (χ4n) is 1.51. The third-order valence-corrected chi connectivity index (χ3v) is 4.17. The van der Waals surface area contributed by atoms with E-state index in [0.717, 1.165) is 0 Å². The Balaban J connectivity index is 2.55. The first-order valence-corrected chi connectivity index (χ1v) is 6.23. The molecule has 6 heteroatoms. The van der Waals surface area contributed by atoms with Gasteiger partial charge in [-0.05, 0) is 6.42 Å². The minimum absolute atomic E-state index is 0.00699. The molecule has 0 aromatic carbocycles. The van der Waals surface area contributed by atoms with E-state index in [1.807, 2.05) is 0 Å². The van der Waals surface area contributed by atoms with E-state index in [0.29, 0.717) is 6.42 Å². The summed E-state index contributed by atoms with van der Waals surface area (Å²) in [6.45, 7) is 0.00699. The summed E-state index contributed by atoms with van der Waals surface area (Å²) in [6, 6.07) is -0.178. The van der Waals surface area contributed by atoms with Crippen LogP contribution in [-0.2, 0) is 19.4 Å². The van der Waals surface area contributed by atoms with Crippen molar-refractivity contribution in [3.8, 4) is 0 Å². The van der Waals surface area contributed by atoms with Crippen LogP contribution in [0, 0.1) is 0 Å². The number of carbonyl (C=O) groups excluding carboxylic acids is 1. The highest BCUT2D eigenvalue weighted by atomic mass is 32.2. The maximum Gasteiger partial charge on any atom is 0.248 e. The third kappa shape index (κ3) is 2.68. The molecular formula is C8H15NO4S. The zero-order chi connectivity index (χ0) is 10.8. The second-order valence-electron chi connectivity index (χ2n) is 3.49. The predicted octanol–water partition coefficient (Wildman–Crippen LogP) is -0.722. The van der Waals surface area contributed by atoms with Crippen molar-refractivity contribution >= 4 is 15.7 Å². The van der Waals surface area contributed by atoms with Gasteiger partial charge in [-0.25, -0.2) is 8.42 Å². The van der Waals surface area contributed by atoms with Crippen molar-refractivity contribution in [1.29, 1.82) is 0 Å². The second-order valence-corrected chi connectivity index (χ2v) is 5.72. The number of ether oxygens (including phenoxy) is 1. The number of nitrogens with zero attached hydrogens (tertiary/aromatic N) is 1. The van der Waals surface area contributed by atoms with Crippen LogP contribution in [0.4, 0.5) is 0 Å². The minimum Gasteiger partial charge on any atom is -0.375 e. The van der Waals surface area contributed by atoms with Crippen molar-refractivity contribution in [2.75, 3.05) is 32.3 Å². The van der Waals surface area contributed by atoms with E-state index < -0.39 is 9.84 Å². The molecule has 1 saturated heterocycles. The van der Waals surface area contributed by atoms with Gasteiger partial charge >= 0.3 is 0 Å². The average molecular weight is 221 g/mol. The first-order chi connectivity index (χ1) is 6.46. The van der Waals surface area contributed by atoms with E-state index in [4.69, 9.17) is 4.74 Å². The standard InChI is InChI=1S/C8H15NO4S/c1-9(8(10)5-13-2)7-3-4-14(11,12)6-7/h7H,3-6H2,1-2H3/t7-/m0/s1. The molecule has 1 fully saturated rings. The van der Waals surface area contributed by atoms with E-state index in [-0.39, 0.29) is 30.1 Å². The SMILES string of the molecule is COCC(=O)N(C)[C@H]1CCS(=O)(=O)C1. The van der Waals surface area contributed by atoms with Crippen LogP contribution >= 0.6 is 0 Å². The Morgan fingerprint density at radius 2 is 2.21 bits per heavy atom. The van der Waals surface area contributed by atoms with Gasteiger partial charge in [-0.1, -0.05) is 0 Å². The van der Waals surface area contributed by atoms with Gasteiger partial charge in [0.2, 0.25) is 5.91 Å². The lowest BCUT2D eigenvalue weighted by Gasteiger charge is -2.22. The molecule has 0 radical (unpaired) electrons. The first kappa shape index (κ1) is 11.5. The molecule has 0 aliphatic carbocycles. The molecule has 1 aliphatic rings. The second kappa shape index (κ2) is 4.27. The Kier molecular flexibility index (Phi) is 3.49. The Labute approximate surface area is 83.9 Å². The van der Waals surface area contributed by atoms with E-state index in [1.165, 1.54) is 12.0 Å². The Morgan fingerprint density at radius 1 is 1.57 bits per heavy atom. The lowest BCUT2D eigenvalue weighted by molar-refractivity contribution is -0.135. The number of hydrogen-bond acceptors (Lipinski definition) is 4. The highest BCUT2D eigenvalue weighted by molar-refractivity contribution is 7.91. The Bertz CT molecular complexity index is 311. The fourth-order valence-corrected chi connectivity index (χ4v) is 3.28. The van der Waals surface area contributed by atoms with Crippen molar-refractivity contribution in [3.05, 3.63) is 0 Å². The van der Waals surface area contributed by atoms with Gasteiger partial charge < -0.3 is 9.64 Å². The lowest BCUT2D eigenvalue weighted by atomic mass is 10.2. The normalized spacial score (nSPS) is 24.9. The van der Waals surface area contributed by atoms with Crippen LogP contribution in [0.3, 0.4) is 0 Å². The summed E-state index contributed by atoms with van der Waals surface area (Å²) in [4.78, 5) is 12.8. The zero-order valence-electron chi connectivity index (χ0n) is 8.39. The highest BCUT2D eigenvalue weighted by Gasteiger charge is 2.32. The fraction of sp³-hybridized carbons (Fsp3) is 0.875. The molecule has 0 bridgehead atoms. The quantitative estimate of drug-likeness (QED) is 0.631. The van der Waals surface area contributed by atoms with Crippen LogP contribution in [0.5, 0.6) is 0 Å². The molecule has 1 rings (SSSR count). The molecule has 0 aromatic rings. The van der Waals surface area contributed by atoms with Crippen LogP contribution in [0.2, 0.25) is 0 Å². The van der Waals surface area contributed by atoms with Crippen LogP contribution in [0.15, 0.2) is 0 Å². The number of amides is 1. The molecule has 0 saturated carbocycles. The average Bonchev–Trinajstić information content (AvgIpc) is 2.45. The molecule has 0 unspecified atom stereocenters. The lowest BCUT2D eigenvalue weighted by Crippen LogP contribution is -2.39. The summed E-state index contributed by atoms with van der Waals surface area (Å²) in [5.74, 6) is 0.0934. The molecule has 5 nitrogen and oxygen atoms in total. The molecule has 0 N–H and O–H groups in total. The van der Waals surface area contributed by atoms with Crippen molar-refractivity contribution < 1.29 is 17.9 Å². The first-order valence-electron chi connectivity index (χ1n) is 4.41. The summed E-state index contributed by atoms with van der Waals surface area (Å²) in [6.07, 6.45) is 0.536. The molecule has 14 heavy (non-hydrogen) atoms. The van der Waals surface area contributed by atoms with Crippen LogP contribution in [0.25, 0.3) is 0 Å². The van der Waals surface area contributed by atoms with E-state index in [1.54, 1.807) is 7.05 Å². The highest BCUT2D eigenvalue weighted by Crippen LogP contribution is 2.16. The number of hydrogen-bond donors (Lipinski definition) is 0. The largest absolute Gasteiger partial charge is 0.375 e. The van der Waals surface area contributed by atoms with Gasteiger partial charge in [0.25, 0.3) is 0 Å².